The Labute approximate surface area is 170 Å². The molecule has 0 saturated heterocycles. The lowest BCUT2D eigenvalue weighted by atomic mass is 10.0. The Bertz CT molecular complexity index is 1010. The van der Waals surface area contributed by atoms with Crippen molar-refractivity contribution in [2.75, 3.05) is 14.2 Å². The van der Waals surface area contributed by atoms with Crippen LogP contribution in [0, 0.1) is 0 Å². The molecule has 0 radical (unpaired) electrons. The second kappa shape index (κ2) is 9.38. The van der Waals surface area contributed by atoms with Gasteiger partial charge < -0.3 is 14.0 Å². The van der Waals surface area contributed by atoms with Crippen molar-refractivity contribution in [3.8, 4) is 11.5 Å². The molecule has 9 heteroatoms. The number of carbonyl (C=O) groups is 1. The molecule has 0 saturated carbocycles. The van der Waals surface area contributed by atoms with E-state index in [-0.39, 0.29) is 5.71 Å². The van der Waals surface area contributed by atoms with Gasteiger partial charge in [-0.05, 0) is 23.8 Å². The normalized spacial score (nSPS) is 11.3. The molecule has 3 rings (SSSR count). The maximum atomic E-state index is 12.0. The number of rotatable bonds is 7. The number of esters is 1. The van der Waals surface area contributed by atoms with Crippen LogP contribution < -0.4 is 0 Å². The summed E-state index contributed by atoms with van der Waals surface area (Å²) in [6, 6.07) is 14.5. The third kappa shape index (κ3) is 4.71. The van der Waals surface area contributed by atoms with Gasteiger partial charge in [0.1, 0.15) is 7.11 Å². The summed E-state index contributed by atoms with van der Waals surface area (Å²) in [7, 11) is 2.66. The van der Waals surface area contributed by atoms with Gasteiger partial charge in [-0.3, -0.25) is 0 Å². The fourth-order valence-electron chi connectivity index (χ4n) is 2.41. The molecule has 3 aromatic rings. The summed E-state index contributed by atoms with van der Waals surface area (Å²) in [5.41, 5.74) is 2.29. The van der Waals surface area contributed by atoms with Crippen LogP contribution in [0.4, 0.5) is 0 Å². The van der Waals surface area contributed by atoms with E-state index in [1.54, 1.807) is 18.2 Å². The topological polar surface area (TPSA) is 86.8 Å². The van der Waals surface area contributed by atoms with Crippen molar-refractivity contribution in [3.63, 3.8) is 0 Å². The van der Waals surface area contributed by atoms with E-state index in [1.807, 2.05) is 30.3 Å². The first-order valence-electron chi connectivity index (χ1n) is 8.12. The number of carbonyl (C=O) groups excluding carboxylic acids is 1. The highest BCUT2D eigenvalue weighted by Crippen LogP contribution is 2.28. The summed E-state index contributed by atoms with van der Waals surface area (Å²) in [6.07, 6.45) is 0. The van der Waals surface area contributed by atoms with Crippen molar-refractivity contribution in [1.29, 1.82) is 0 Å². The summed E-state index contributed by atoms with van der Waals surface area (Å²) < 4.78 is 10.5. The highest BCUT2D eigenvalue weighted by molar-refractivity contribution is 7.98. The third-order valence-electron chi connectivity index (χ3n) is 3.66. The summed E-state index contributed by atoms with van der Waals surface area (Å²) >= 11 is 7.34. The van der Waals surface area contributed by atoms with E-state index >= 15 is 0 Å². The van der Waals surface area contributed by atoms with Crippen molar-refractivity contribution >= 4 is 35.0 Å². The molecule has 28 heavy (non-hydrogen) atoms. The molecule has 0 atom stereocenters. The lowest BCUT2D eigenvalue weighted by Gasteiger charge is -2.09. The molecule has 2 aromatic carbocycles. The van der Waals surface area contributed by atoms with Gasteiger partial charge in [0.2, 0.25) is 5.89 Å². The number of methoxy groups -OCH3 is 1. The average Bonchev–Trinajstić information content (AvgIpc) is 3.19. The van der Waals surface area contributed by atoms with Crippen LogP contribution in [-0.4, -0.2) is 36.1 Å². The van der Waals surface area contributed by atoms with E-state index in [9.17, 15) is 4.79 Å². The monoisotopic (exact) mass is 417 g/mol. The van der Waals surface area contributed by atoms with Gasteiger partial charge in [0, 0.05) is 21.9 Å². The van der Waals surface area contributed by atoms with E-state index < -0.39 is 5.97 Å². The predicted octanol–water partition coefficient (Wildman–Crippen LogP) is 4.21. The zero-order chi connectivity index (χ0) is 19.9. The molecular weight excluding hydrogens is 402 g/mol. The van der Waals surface area contributed by atoms with Crippen LogP contribution in [0.3, 0.4) is 0 Å². The molecule has 1 aromatic heterocycles. The summed E-state index contributed by atoms with van der Waals surface area (Å²) in [5, 5.41) is 12.9. The molecule has 0 fully saturated rings. The zero-order valence-electron chi connectivity index (χ0n) is 15.1. The van der Waals surface area contributed by atoms with Gasteiger partial charge in [0.25, 0.3) is 5.22 Å². The number of nitrogens with zero attached hydrogens (tertiary/aromatic N) is 3. The van der Waals surface area contributed by atoms with Crippen LogP contribution in [0.1, 0.15) is 11.1 Å². The van der Waals surface area contributed by atoms with Crippen molar-refractivity contribution in [1.82, 2.24) is 10.2 Å². The molecule has 144 valence electrons. The molecule has 0 aliphatic heterocycles. The van der Waals surface area contributed by atoms with Crippen LogP contribution in [-0.2, 0) is 20.1 Å². The third-order valence-corrected chi connectivity index (χ3v) is 4.77. The lowest BCUT2D eigenvalue weighted by Crippen LogP contribution is -2.19. The maximum Gasteiger partial charge on any atom is 0.360 e. The van der Waals surface area contributed by atoms with Crippen molar-refractivity contribution in [2.24, 2.45) is 5.16 Å². The Morgan fingerprint density at radius 1 is 1.18 bits per heavy atom. The molecule has 0 aliphatic rings. The van der Waals surface area contributed by atoms with Crippen LogP contribution in [0.2, 0.25) is 5.02 Å². The van der Waals surface area contributed by atoms with Gasteiger partial charge in [-0.25, -0.2) is 4.79 Å². The first kappa shape index (κ1) is 19.9. The molecule has 0 amide bonds. The molecule has 0 bridgehead atoms. The molecule has 0 N–H and O–H groups in total. The van der Waals surface area contributed by atoms with E-state index in [0.29, 0.717) is 27.5 Å². The summed E-state index contributed by atoms with van der Waals surface area (Å²) in [5.74, 6) is 0.280. The van der Waals surface area contributed by atoms with Crippen molar-refractivity contribution in [2.45, 2.75) is 11.0 Å². The number of benzene rings is 2. The highest BCUT2D eigenvalue weighted by atomic mass is 35.5. The van der Waals surface area contributed by atoms with Gasteiger partial charge >= 0.3 is 5.97 Å². The smallest absolute Gasteiger partial charge is 0.360 e. The first-order valence-corrected chi connectivity index (χ1v) is 9.48. The number of ether oxygens (including phenoxy) is 1. The fraction of sp³-hybridized carbons (Fsp3) is 0.158. The minimum absolute atomic E-state index is 0.0892. The SMILES string of the molecule is CO/N=C(/C(=O)OC)c1ccccc1CSc1nnc(-c2cccc(Cl)c2)o1. The first-order chi connectivity index (χ1) is 13.6. The Morgan fingerprint density at radius 2 is 2.00 bits per heavy atom. The molecular formula is C19H16ClN3O4S. The highest BCUT2D eigenvalue weighted by Gasteiger charge is 2.19. The minimum Gasteiger partial charge on any atom is -0.464 e. The lowest BCUT2D eigenvalue weighted by molar-refractivity contribution is -0.132. The largest absolute Gasteiger partial charge is 0.464 e. The van der Waals surface area contributed by atoms with Crippen LogP contribution in [0.5, 0.6) is 0 Å². The van der Waals surface area contributed by atoms with Gasteiger partial charge in [0.05, 0.1) is 7.11 Å². The van der Waals surface area contributed by atoms with E-state index in [0.717, 1.165) is 11.1 Å². The van der Waals surface area contributed by atoms with Gasteiger partial charge in [-0.1, -0.05) is 58.9 Å². The van der Waals surface area contributed by atoms with Crippen LogP contribution >= 0.6 is 23.4 Å². The number of hydrogen-bond donors (Lipinski definition) is 0. The van der Waals surface area contributed by atoms with Gasteiger partial charge in [0.15, 0.2) is 5.71 Å². The summed E-state index contributed by atoms with van der Waals surface area (Å²) in [4.78, 5) is 16.8. The standard InChI is InChI=1S/C19H16ClN3O4S/c1-25-18(24)16(23-26-2)15-9-4-3-6-13(15)11-28-19-22-21-17(27-19)12-7-5-8-14(20)10-12/h3-10H,11H2,1-2H3/b23-16+. The second-order valence-electron chi connectivity index (χ2n) is 5.44. The molecule has 0 spiro atoms. The Hall–Kier alpha value is -2.84. The summed E-state index contributed by atoms with van der Waals surface area (Å²) in [6.45, 7) is 0. The number of oxime groups is 1. The fourth-order valence-corrected chi connectivity index (χ4v) is 3.36. The van der Waals surface area contributed by atoms with E-state index in [4.69, 9.17) is 25.6 Å². The van der Waals surface area contributed by atoms with Crippen molar-refractivity contribution in [3.05, 3.63) is 64.7 Å². The van der Waals surface area contributed by atoms with Gasteiger partial charge in [-0.2, -0.15) is 0 Å². The molecule has 0 unspecified atom stereocenters. The number of hydrogen-bond acceptors (Lipinski definition) is 8. The Balaban J connectivity index is 1.79. The van der Waals surface area contributed by atoms with Gasteiger partial charge in [-0.15, -0.1) is 10.2 Å². The minimum atomic E-state index is -0.583. The number of aromatic nitrogens is 2. The zero-order valence-corrected chi connectivity index (χ0v) is 16.7. The quantitative estimate of drug-likeness (QED) is 0.246. The molecule has 1 heterocycles. The Kier molecular flexibility index (Phi) is 6.67. The van der Waals surface area contributed by atoms with Crippen molar-refractivity contribution < 1.29 is 18.8 Å². The Morgan fingerprint density at radius 3 is 2.75 bits per heavy atom. The van der Waals surface area contributed by atoms with Crippen LogP contribution in [0.15, 0.2) is 63.3 Å². The molecule has 0 aliphatic carbocycles. The molecule has 7 nitrogen and oxygen atoms in total. The predicted molar refractivity (Wildman–Crippen MR) is 106 cm³/mol. The maximum absolute atomic E-state index is 12.0. The van der Waals surface area contributed by atoms with E-state index in [1.165, 1.54) is 26.0 Å². The number of halogens is 1. The second-order valence-corrected chi connectivity index (χ2v) is 6.81. The van der Waals surface area contributed by atoms with E-state index in [2.05, 4.69) is 15.4 Å². The van der Waals surface area contributed by atoms with Crippen LogP contribution in [0.25, 0.3) is 11.5 Å². The average molecular weight is 418 g/mol. The number of thioether (sulfide) groups is 1.